The second kappa shape index (κ2) is 5.56. The minimum atomic E-state index is -0.621. The summed E-state index contributed by atoms with van der Waals surface area (Å²) in [6, 6.07) is 3.00. The molecule has 0 aromatic carbocycles. The van der Waals surface area contributed by atoms with Crippen molar-refractivity contribution in [2.24, 2.45) is 11.7 Å². The van der Waals surface area contributed by atoms with Crippen LogP contribution in [0.3, 0.4) is 0 Å². The Morgan fingerprint density at radius 3 is 2.72 bits per heavy atom. The van der Waals surface area contributed by atoms with Gasteiger partial charge in [-0.05, 0) is 51.7 Å². The monoisotopic (exact) mass is 250 g/mol. The molecule has 2 rings (SSSR count). The van der Waals surface area contributed by atoms with Gasteiger partial charge in [0.25, 0.3) is 0 Å². The number of nitrogens with zero attached hydrogens (tertiary/aromatic N) is 3. The van der Waals surface area contributed by atoms with Gasteiger partial charge in [-0.3, -0.25) is 4.90 Å². The van der Waals surface area contributed by atoms with Crippen molar-refractivity contribution in [3.8, 4) is 6.07 Å². The van der Waals surface area contributed by atoms with Crippen molar-refractivity contribution in [2.75, 3.05) is 33.2 Å². The number of hydrogen-bond acceptors (Lipinski definition) is 4. The van der Waals surface area contributed by atoms with E-state index in [2.05, 4.69) is 29.8 Å². The Bertz CT molecular complexity index is 320. The van der Waals surface area contributed by atoms with Crippen LogP contribution in [0.2, 0.25) is 0 Å². The molecule has 1 aliphatic heterocycles. The van der Waals surface area contributed by atoms with Crippen molar-refractivity contribution >= 4 is 0 Å². The average molecular weight is 250 g/mol. The highest BCUT2D eigenvalue weighted by Gasteiger charge is 2.43. The van der Waals surface area contributed by atoms with Gasteiger partial charge >= 0.3 is 0 Å². The number of hydrogen-bond donors (Lipinski definition) is 1. The van der Waals surface area contributed by atoms with Gasteiger partial charge in [0, 0.05) is 19.1 Å². The number of nitriles is 1. The highest BCUT2D eigenvalue weighted by atomic mass is 15.2. The molecule has 1 saturated carbocycles. The highest BCUT2D eigenvalue weighted by Crippen LogP contribution is 2.38. The molecule has 2 aliphatic rings. The molecule has 0 bridgehead atoms. The van der Waals surface area contributed by atoms with Crippen LogP contribution >= 0.6 is 0 Å². The van der Waals surface area contributed by atoms with Gasteiger partial charge < -0.3 is 10.6 Å². The first-order valence-corrected chi connectivity index (χ1v) is 7.21. The van der Waals surface area contributed by atoms with E-state index in [1.807, 2.05) is 0 Å². The Morgan fingerprint density at radius 1 is 1.44 bits per heavy atom. The molecular formula is C14H26N4. The summed E-state index contributed by atoms with van der Waals surface area (Å²) in [5.41, 5.74) is 5.61. The SMILES string of the molecule is CCN1CCCC1CN(C)CC(N)(C#N)C1CC1. The van der Waals surface area contributed by atoms with Crippen molar-refractivity contribution in [3.05, 3.63) is 0 Å². The first-order chi connectivity index (χ1) is 8.59. The molecule has 0 aromatic heterocycles. The van der Waals surface area contributed by atoms with Crippen LogP contribution in [-0.4, -0.2) is 54.6 Å². The molecule has 2 N–H and O–H groups in total. The van der Waals surface area contributed by atoms with Crippen LogP contribution in [0.5, 0.6) is 0 Å². The molecule has 1 saturated heterocycles. The third kappa shape index (κ3) is 3.03. The molecule has 2 fully saturated rings. The third-order valence-corrected chi connectivity index (χ3v) is 4.47. The second-order valence-electron chi connectivity index (χ2n) is 6.05. The van der Waals surface area contributed by atoms with E-state index in [1.165, 1.54) is 19.4 Å². The zero-order valence-corrected chi connectivity index (χ0v) is 11.7. The van der Waals surface area contributed by atoms with Gasteiger partial charge in [0.2, 0.25) is 0 Å². The highest BCUT2D eigenvalue weighted by molar-refractivity contribution is 5.14. The Hall–Kier alpha value is -0.630. The number of rotatable bonds is 6. The third-order valence-electron chi connectivity index (χ3n) is 4.47. The van der Waals surface area contributed by atoms with Crippen LogP contribution in [0.4, 0.5) is 0 Å². The largest absolute Gasteiger partial charge is 0.312 e. The lowest BCUT2D eigenvalue weighted by atomic mass is 9.95. The van der Waals surface area contributed by atoms with Crippen molar-refractivity contribution < 1.29 is 0 Å². The van der Waals surface area contributed by atoms with Crippen molar-refractivity contribution in [1.29, 1.82) is 5.26 Å². The molecule has 1 heterocycles. The normalized spacial score (nSPS) is 28.3. The summed E-state index contributed by atoms with van der Waals surface area (Å²) in [4.78, 5) is 4.80. The predicted molar refractivity (Wildman–Crippen MR) is 73.0 cm³/mol. The minimum Gasteiger partial charge on any atom is -0.312 e. The van der Waals surface area contributed by atoms with Crippen LogP contribution in [0.25, 0.3) is 0 Å². The fraction of sp³-hybridized carbons (Fsp3) is 0.929. The molecule has 102 valence electrons. The van der Waals surface area contributed by atoms with Crippen molar-refractivity contribution in [1.82, 2.24) is 9.80 Å². The van der Waals surface area contributed by atoms with E-state index in [0.717, 1.165) is 25.9 Å². The molecular weight excluding hydrogens is 224 g/mol. The molecule has 18 heavy (non-hydrogen) atoms. The van der Waals surface area contributed by atoms with Crippen molar-refractivity contribution in [2.45, 2.75) is 44.2 Å². The Morgan fingerprint density at radius 2 is 2.17 bits per heavy atom. The fourth-order valence-corrected chi connectivity index (χ4v) is 3.24. The van der Waals surface area contributed by atoms with E-state index in [1.54, 1.807) is 0 Å². The lowest BCUT2D eigenvalue weighted by Gasteiger charge is -2.32. The molecule has 0 spiro atoms. The summed E-state index contributed by atoms with van der Waals surface area (Å²) in [6.07, 6.45) is 4.84. The van der Waals surface area contributed by atoms with Gasteiger partial charge in [0.15, 0.2) is 0 Å². The molecule has 2 unspecified atom stereocenters. The Labute approximate surface area is 111 Å². The number of likely N-dealkylation sites (tertiary alicyclic amines) is 1. The van der Waals surface area contributed by atoms with Crippen molar-refractivity contribution in [3.63, 3.8) is 0 Å². The first kappa shape index (κ1) is 13.8. The quantitative estimate of drug-likeness (QED) is 0.765. The summed E-state index contributed by atoms with van der Waals surface area (Å²) in [5, 5.41) is 9.29. The zero-order valence-electron chi connectivity index (χ0n) is 11.7. The maximum absolute atomic E-state index is 9.29. The predicted octanol–water partition coefficient (Wildman–Crippen LogP) is 1.03. The summed E-state index contributed by atoms with van der Waals surface area (Å²) in [5.74, 6) is 0.427. The lowest BCUT2D eigenvalue weighted by Crippen LogP contribution is -2.52. The maximum Gasteiger partial charge on any atom is 0.119 e. The number of likely N-dealkylation sites (N-methyl/N-ethyl adjacent to an activating group) is 2. The Kier molecular flexibility index (Phi) is 4.26. The molecule has 4 heteroatoms. The van der Waals surface area contributed by atoms with Crippen LogP contribution < -0.4 is 5.73 Å². The smallest absolute Gasteiger partial charge is 0.119 e. The minimum absolute atomic E-state index is 0.427. The second-order valence-corrected chi connectivity index (χ2v) is 6.05. The summed E-state index contributed by atoms with van der Waals surface area (Å²) in [7, 11) is 2.10. The van der Waals surface area contributed by atoms with E-state index in [9.17, 15) is 5.26 Å². The van der Waals surface area contributed by atoms with Crippen LogP contribution in [0, 0.1) is 17.2 Å². The summed E-state index contributed by atoms with van der Waals surface area (Å²) >= 11 is 0. The molecule has 1 aliphatic carbocycles. The van der Waals surface area contributed by atoms with E-state index in [4.69, 9.17) is 5.73 Å². The Balaban J connectivity index is 1.84. The van der Waals surface area contributed by atoms with Gasteiger partial charge in [-0.2, -0.15) is 5.26 Å². The lowest BCUT2D eigenvalue weighted by molar-refractivity contribution is 0.179. The van der Waals surface area contributed by atoms with E-state index in [-0.39, 0.29) is 0 Å². The van der Waals surface area contributed by atoms with Gasteiger partial charge in [-0.15, -0.1) is 0 Å². The average Bonchev–Trinajstić information content (AvgIpc) is 3.11. The summed E-state index contributed by atoms with van der Waals surface area (Å²) < 4.78 is 0. The van der Waals surface area contributed by atoms with Gasteiger partial charge in [-0.1, -0.05) is 6.92 Å². The number of nitrogens with two attached hydrogens (primary N) is 1. The van der Waals surface area contributed by atoms with E-state index < -0.39 is 5.54 Å². The fourth-order valence-electron chi connectivity index (χ4n) is 3.24. The standard InChI is InChI=1S/C14H26N4/c1-3-18-8-4-5-13(18)9-17(2)11-14(16,10-15)12-6-7-12/h12-13H,3-9,11,16H2,1-2H3. The van der Waals surface area contributed by atoms with Crippen LogP contribution in [0.15, 0.2) is 0 Å². The van der Waals surface area contributed by atoms with E-state index >= 15 is 0 Å². The molecule has 0 radical (unpaired) electrons. The molecule has 2 atom stereocenters. The zero-order chi connectivity index (χ0) is 13.2. The van der Waals surface area contributed by atoms with E-state index in [0.29, 0.717) is 18.5 Å². The molecule has 4 nitrogen and oxygen atoms in total. The summed E-state index contributed by atoms with van der Waals surface area (Å²) in [6.45, 7) is 6.34. The first-order valence-electron chi connectivity index (χ1n) is 7.21. The van der Waals surface area contributed by atoms with Gasteiger partial charge in [-0.25, -0.2) is 0 Å². The topological polar surface area (TPSA) is 56.3 Å². The van der Waals surface area contributed by atoms with Gasteiger partial charge in [0.05, 0.1) is 6.07 Å². The maximum atomic E-state index is 9.29. The van der Waals surface area contributed by atoms with Crippen LogP contribution in [0.1, 0.15) is 32.6 Å². The van der Waals surface area contributed by atoms with Gasteiger partial charge in [0.1, 0.15) is 5.54 Å². The molecule has 0 aromatic rings. The van der Waals surface area contributed by atoms with Crippen LogP contribution in [-0.2, 0) is 0 Å². The molecule has 0 amide bonds.